The Bertz CT molecular complexity index is 529. The molecule has 0 bridgehead atoms. The van der Waals surface area contributed by atoms with Crippen molar-refractivity contribution in [2.75, 3.05) is 0 Å². The van der Waals surface area contributed by atoms with Gasteiger partial charge in [0, 0.05) is 17.7 Å². The second kappa shape index (κ2) is 3.53. The second-order valence-corrected chi connectivity index (χ2v) is 5.69. The number of rotatable bonds is 2. The van der Waals surface area contributed by atoms with E-state index in [4.69, 9.17) is 15.8 Å². The summed E-state index contributed by atoms with van der Waals surface area (Å²) in [6.45, 7) is 3.07. The molecule has 1 aromatic heterocycles. The van der Waals surface area contributed by atoms with Crippen molar-refractivity contribution in [2.45, 2.75) is 18.9 Å². The van der Waals surface area contributed by atoms with Gasteiger partial charge in [0.1, 0.15) is 5.69 Å². The monoisotopic (exact) mass is 251 g/mol. The minimum absolute atomic E-state index is 0.0632. The van der Waals surface area contributed by atoms with E-state index in [-0.39, 0.29) is 10.7 Å². The average molecular weight is 252 g/mol. The third kappa shape index (κ3) is 1.87. The van der Waals surface area contributed by atoms with Crippen LogP contribution in [0.1, 0.15) is 21.6 Å². The van der Waals surface area contributed by atoms with E-state index in [1.807, 2.05) is 0 Å². The number of hydrogen-bond acceptors (Lipinski definition) is 3. The summed E-state index contributed by atoms with van der Waals surface area (Å²) in [6.07, 6.45) is 0. The summed E-state index contributed by atoms with van der Waals surface area (Å²) in [5.74, 6) is -1.18. The van der Waals surface area contributed by atoms with E-state index in [9.17, 15) is 13.2 Å². The first-order valence-electron chi connectivity index (χ1n) is 4.01. The second-order valence-electron chi connectivity index (χ2n) is 3.21. The van der Waals surface area contributed by atoms with E-state index in [1.54, 1.807) is 6.92 Å². The quantitative estimate of drug-likeness (QED) is 0.803. The fourth-order valence-electron chi connectivity index (χ4n) is 1.59. The van der Waals surface area contributed by atoms with Gasteiger partial charge in [-0.2, -0.15) is 0 Å². The minimum atomic E-state index is -3.93. The maximum Gasteiger partial charge on any atom is 0.352 e. The largest absolute Gasteiger partial charge is 0.477 e. The van der Waals surface area contributed by atoms with Crippen LogP contribution in [0, 0.1) is 13.8 Å². The van der Waals surface area contributed by atoms with Crippen molar-refractivity contribution >= 4 is 25.7 Å². The number of carboxylic acids is 1. The molecular weight excluding hydrogens is 242 g/mol. The van der Waals surface area contributed by atoms with Crippen molar-refractivity contribution in [2.24, 2.45) is 7.05 Å². The Labute approximate surface area is 91.7 Å². The van der Waals surface area contributed by atoms with E-state index in [0.717, 1.165) is 4.57 Å². The first kappa shape index (κ1) is 12.1. The van der Waals surface area contributed by atoms with Crippen molar-refractivity contribution < 1.29 is 18.3 Å². The summed E-state index contributed by atoms with van der Waals surface area (Å²) in [5.41, 5.74) is 0.709. The average Bonchev–Trinajstić information content (AvgIpc) is 2.21. The normalized spacial score (nSPS) is 11.7. The molecule has 15 heavy (non-hydrogen) atoms. The zero-order chi connectivity index (χ0) is 12.0. The van der Waals surface area contributed by atoms with Crippen LogP contribution in [0.15, 0.2) is 5.03 Å². The minimum Gasteiger partial charge on any atom is -0.477 e. The number of hydrogen-bond donors (Lipinski definition) is 1. The summed E-state index contributed by atoms with van der Waals surface area (Å²) >= 11 is 0. The zero-order valence-electron chi connectivity index (χ0n) is 8.41. The molecule has 0 aromatic carbocycles. The van der Waals surface area contributed by atoms with Gasteiger partial charge >= 0.3 is 5.97 Å². The van der Waals surface area contributed by atoms with Crippen molar-refractivity contribution in [3.8, 4) is 0 Å². The van der Waals surface area contributed by atoms with Crippen LogP contribution in [0.5, 0.6) is 0 Å². The van der Waals surface area contributed by atoms with Gasteiger partial charge in [0.25, 0.3) is 9.05 Å². The summed E-state index contributed by atoms with van der Waals surface area (Å²) in [5, 5.41) is 8.72. The highest BCUT2D eigenvalue weighted by atomic mass is 35.7. The van der Waals surface area contributed by atoms with Gasteiger partial charge in [0.15, 0.2) is 5.03 Å². The van der Waals surface area contributed by atoms with Crippen LogP contribution >= 0.6 is 10.7 Å². The van der Waals surface area contributed by atoms with Gasteiger partial charge in [-0.05, 0) is 25.0 Å². The molecule has 1 N–H and O–H groups in total. The van der Waals surface area contributed by atoms with Crippen molar-refractivity contribution in [1.82, 2.24) is 4.57 Å². The molecule has 1 heterocycles. The SMILES string of the molecule is Cc1c(C)c(S(=O)(=O)Cl)n(C)c1C(=O)O. The van der Waals surface area contributed by atoms with Crippen molar-refractivity contribution in [1.29, 1.82) is 0 Å². The number of carboxylic acid groups (broad SMARTS) is 1. The Balaban J connectivity index is 3.73. The van der Waals surface area contributed by atoms with Gasteiger partial charge in [0.2, 0.25) is 0 Å². The van der Waals surface area contributed by atoms with Gasteiger partial charge in [-0.15, -0.1) is 0 Å². The van der Waals surface area contributed by atoms with Gasteiger partial charge in [-0.25, -0.2) is 13.2 Å². The van der Waals surface area contributed by atoms with E-state index >= 15 is 0 Å². The van der Waals surface area contributed by atoms with Crippen LogP contribution in [0.2, 0.25) is 0 Å². The number of carbonyl (C=O) groups is 1. The maximum absolute atomic E-state index is 11.2. The van der Waals surface area contributed by atoms with Gasteiger partial charge in [-0.1, -0.05) is 0 Å². The molecule has 0 spiro atoms. The highest BCUT2D eigenvalue weighted by Crippen LogP contribution is 2.27. The van der Waals surface area contributed by atoms with Crippen LogP contribution in [0.4, 0.5) is 0 Å². The zero-order valence-corrected chi connectivity index (χ0v) is 9.98. The Morgan fingerprint density at radius 2 is 1.80 bits per heavy atom. The highest BCUT2D eigenvalue weighted by Gasteiger charge is 2.26. The molecule has 0 amide bonds. The third-order valence-electron chi connectivity index (χ3n) is 2.31. The van der Waals surface area contributed by atoms with Crippen molar-refractivity contribution in [3.63, 3.8) is 0 Å². The van der Waals surface area contributed by atoms with Gasteiger partial charge in [-0.3, -0.25) is 0 Å². The van der Waals surface area contributed by atoms with Gasteiger partial charge in [0.05, 0.1) is 0 Å². The molecule has 0 saturated carbocycles. The lowest BCUT2D eigenvalue weighted by atomic mass is 10.2. The molecule has 7 heteroatoms. The Morgan fingerprint density at radius 1 is 1.33 bits per heavy atom. The fraction of sp³-hybridized carbons (Fsp3) is 0.375. The van der Waals surface area contributed by atoms with Gasteiger partial charge < -0.3 is 9.67 Å². The summed E-state index contributed by atoms with van der Waals surface area (Å²) in [6, 6.07) is 0. The summed E-state index contributed by atoms with van der Waals surface area (Å²) in [4.78, 5) is 10.9. The summed E-state index contributed by atoms with van der Waals surface area (Å²) in [7, 11) is 2.65. The van der Waals surface area contributed by atoms with Crippen molar-refractivity contribution in [3.05, 3.63) is 16.8 Å². The number of aromatic nitrogens is 1. The lowest BCUT2D eigenvalue weighted by molar-refractivity contribution is 0.0685. The predicted molar refractivity (Wildman–Crippen MR) is 54.9 cm³/mol. The Kier molecular flexibility index (Phi) is 2.84. The van der Waals surface area contributed by atoms with Crippen LogP contribution in [-0.4, -0.2) is 24.1 Å². The highest BCUT2D eigenvalue weighted by molar-refractivity contribution is 8.13. The van der Waals surface area contributed by atoms with E-state index < -0.39 is 15.0 Å². The Morgan fingerprint density at radius 3 is 2.00 bits per heavy atom. The van der Waals surface area contributed by atoms with E-state index in [1.165, 1.54) is 14.0 Å². The number of aromatic carboxylic acids is 1. The molecular formula is C8H10ClNO4S. The standard InChI is InChI=1S/C8H10ClNO4S/c1-4-5(2)7(15(9,13)14)10(3)6(4)8(11)12/h1-3H3,(H,11,12). The maximum atomic E-state index is 11.2. The lowest BCUT2D eigenvalue weighted by Crippen LogP contribution is -2.09. The molecule has 0 atom stereocenters. The molecule has 0 fully saturated rings. The predicted octanol–water partition coefficient (Wildman–Crippen LogP) is 1.27. The summed E-state index contributed by atoms with van der Waals surface area (Å²) < 4.78 is 23.5. The van der Waals surface area contributed by atoms with Crippen LogP contribution in [0.25, 0.3) is 0 Å². The first-order chi connectivity index (χ1) is 6.68. The molecule has 0 aliphatic rings. The molecule has 0 aliphatic heterocycles. The number of nitrogens with zero attached hydrogens (tertiary/aromatic N) is 1. The topological polar surface area (TPSA) is 76.4 Å². The molecule has 1 aromatic rings. The fourth-order valence-corrected chi connectivity index (χ4v) is 3.19. The lowest BCUT2D eigenvalue weighted by Gasteiger charge is -2.01. The molecule has 0 aliphatic carbocycles. The third-order valence-corrected chi connectivity index (χ3v) is 3.79. The molecule has 0 unspecified atom stereocenters. The molecule has 5 nitrogen and oxygen atoms in total. The molecule has 0 saturated heterocycles. The Hall–Kier alpha value is -1.01. The number of halogens is 1. The van der Waals surface area contributed by atoms with E-state index in [0.29, 0.717) is 11.1 Å². The first-order valence-corrected chi connectivity index (χ1v) is 6.32. The van der Waals surface area contributed by atoms with Crippen LogP contribution < -0.4 is 0 Å². The van der Waals surface area contributed by atoms with Crippen LogP contribution in [-0.2, 0) is 16.1 Å². The van der Waals surface area contributed by atoms with E-state index in [2.05, 4.69) is 0 Å². The molecule has 84 valence electrons. The molecule has 0 radical (unpaired) electrons. The van der Waals surface area contributed by atoms with Crippen LogP contribution in [0.3, 0.4) is 0 Å². The smallest absolute Gasteiger partial charge is 0.352 e. The molecule has 1 rings (SSSR count).